The molecule has 0 bridgehead atoms. The van der Waals surface area contributed by atoms with Gasteiger partial charge in [0.2, 0.25) is 0 Å². The first-order valence-electron chi connectivity index (χ1n) is 3.56. The summed E-state index contributed by atoms with van der Waals surface area (Å²) < 4.78 is 0. The molecule has 1 heteroatoms. The average Bonchev–Trinajstić information content (AvgIpc) is 2.04. The first-order chi connectivity index (χ1) is 5.27. The summed E-state index contributed by atoms with van der Waals surface area (Å²) in [7, 11) is 0. The lowest BCUT2D eigenvalue weighted by Gasteiger charge is -2.01. The Labute approximate surface area is 72.5 Å². The molecule has 0 radical (unpaired) electrons. The van der Waals surface area contributed by atoms with Gasteiger partial charge in [0.25, 0.3) is 0 Å². The van der Waals surface area contributed by atoms with E-state index in [4.69, 9.17) is 11.6 Å². The van der Waals surface area contributed by atoms with Crippen LogP contribution in [0.1, 0.15) is 16.7 Å². The molecule has 0 saturated heterocycles. The fourth-order valence-corrected chi connectivity index (χ4v) is 1.22. The summed E-state index contributed by atoms with van der Waals surface area (Å²) in [5.74, 6) is 0.582. The fraction of sp³-hybridized carbons (Fsp3) is 0.200. The predicted octanol–water partition coefficient (Wildman–Crippen LogP) is 3.38. The molecule has 0 spiro atoms. The van der Waals surface area contributed by atoms with Crippen molar-refractivity contribution >= 4 is 17.7 Å². The maximum atomic E-state index is 5.67. The van der Waals surface area contributed by atoms with Crippen molar-refractivity contribution in [3.63, 3.8) is 0 Å². The third kappa shape index (κ3) is 1.84. The van der Waals surface area contributed by atoms with Gasteiger partial charge in [0.1, 0.15) is 0 Å². The van der Waals surface area contributed by atoms with Crippen LogP contribution in [-0.2, 0) is 5.88 Å². The van der Waals surface area contributed by atoms with Crippen LogP contribution in [0.5, 0.6) is 0 Å². The molecular formula is C10H11Cl. The van der Waals surface area contributed by atoms with Crippen LogP contribution in [0.4, 0.5) is 0 Å². The monoisotopic (exact) mass is 166 g/mol. The number of benzene rings is 1. The first kappa shape index (κ1) is 8.35. The molecule has 0 amide bonds. The van der Waals surface area contributed by atoms with E-state index in [0.29, 0.717) is 5.88 Å². The van der Waals surface area contributed by atoms with E-state index >= 15 is 0 Å². The second-order valence-corrected chi connectivity index (χ2v) is 2.80. The van der Waals surface area contributed by atoms with Crippen molar-refractivity contribution in [3.8, 4) is 0 Å². The van der Waals surface area contributed by atoms with Crippen molar-refractivity contribution in [1.29, 1.82) is 0 Å². The average molecular weight is 167 g/mol. The Kier molecular flexibility index (Phi) is 2.72. The zero-order chi connectivity index (χ0) is 8.27. The molecule has 0 nitrogen and oxygen atoms in total. The number of alkyl halides is 1. The van der Waals surface area contributed by atoms with Crippen LogP contribution in [0, 0.1) is 6.92 Å². The maximum Gasteiger partial charge on any atom is 0.0474 e. The van der Waals surface area contributed by atoms with E-state index in [0.717, 1.165) is 5.56 Å². The van der Waals surface area contributed by atoms with Gasteiger partial charge in [-0.3, -0.25) is 0 Å². The third-order valence-corrected chi connectivity index (χ3v) is 2.02. The Morgan fingerprint density at radius 1 is 1.55 bits per heavy atom. The van der Waals surface area contributed by atoms with Gasteiger partial charge in [-0.25, -0.2) is 0 Å². The quantitative estimate of drug-likeness (QED) is 0.591. The number of halogens is 1. The lowest BCUT2D eigenvalue weighted by molar-refractivity contribution is 1.33. The van der Waals surface area contributed by atoms with Crippen molar-refractivity contribution < 1.29 is 0 Å². The van der Waals surface area contributed by atoms with E-state index in [1.165, 1.54) is 11.1 Å². The second-order valence-electron chi connectivity index (χ2n) is 2.53. The van der Waals surface area contributed by atoms with Crippen molar-refractivity contribution in [3.05, 3.63) is 41.5 Å². The molecule has 0 atom stereocenters. The minimum atomic E-state index is 0.582. The molecule has 0 N–H and O–H groups in total. The summed E-state index contributed by atoms with van der Waals surface area (Å²) in [5.41, 5.74) is 3.58. The van der Waals surface area contributed by atoms with Crippen LogP contribution >= 0.6 is 11.6 Å². The zero-order valence-electron chi connectivity index (χ0n) is 6.60. The van der Waals surface area contributed by atoms with Gasteiger partial charge in [-0.15, -0.1) is 11.6 Å². The Morgan fingerprint density at radius 3 is 2.73 bits per heavy atom. The van der Waals surface area contributed by atoms with E-state index in [1.807, 2.05) is 18.2 Å². The molecule has 0 saturated carbocycles. The number of hydrogen-bond acceptors (Lipinski definition) is 0. The van der Waals surface area contributed by atoms with Gasteiger partial charge in [0, 0.05) is 5.88 Å². The van der Waals surface area contributed by atoms with Crippen molar-refractivity contribution in [2.75, 3.05) is 0 Å². The standard InChI is InChI=1S/C10H11Cl/c1-3-10-5-4-9(7-11)6-8(10)2/h3-6H,1,7H2,2H3. The van der Waals surface area contributed by atoms with Crippen LogP contribution in [-0.4, -0.2) is 0 Å². The highest BCUT2D eigenvalue weighted by Crippen LogP contribution is 2.13. The third-order valence-electron chi connectivity index (χ3n) is 1.71. The lowest BCUT2D eigenvalue weighted by atomic mass is 10.1. The molecule has 0 fully saturated rings. The van der Waals surface area contributed by atoms with Crippen LogP contribution in [0.3, 0.4) is 0 Å². The number of aryl methyl sites for hydroxylation is 1. The number of rotatable bonds is 2. The Hall–Kier alpha value is -0.750. The van der Waals surface area contributed by atoms with Crippen molar-refractivity contribution in [2.45, 2.75) is 12.8 Å². The topological polar surface area (TPSA) is 0 Å². The predicted molar refractivity (Wildman–Crippen MR) is 50.8 cm³/mol. The molecule has 0 aliphatic heterocycles. The summed E-state index contributed by atoms with van der Waals surface area (Å²) in [5, 5.41) is 0. The highest BCUT2D eigenvalue weighted by atomic mass is 35.5. The summed E-state index contributed by atoms with van der Waals surface area (Å²) in [6, 6.07) is 6.15. The molecule has 11 heavy (non-hydrogen) atoms. The van der Waals surface area contributed by atoms with E-state index in [2.05, 4.69) is 19.6 Å². The molecule has 0 heterocycles. The molecule has 0 aliphatic rings. The van der Waals surface area contributed by atoms with Crippen molar-refractivity contribution in [1.82, 2.24) is 0 Å². The maximum absolute atomic E-state index is 5.67. The SMILES string of the molecule is C=Cc1ccc(CCl)cc1C. The summed E-state index contributed by atoms with van der Waals surface area (Å²) in [6.45, 7) is 5.78. The summed E-state index contributed by atoms with van der Waals surface area (Å²) in [6.07, 6.45) is 1.85. The van der Waals surface area contributed by atoms with E-state index in [-0.39, 0.29) is 0 Å². The molecule has 0 aromatic heterocycles. The van der Waals surface area contributed by atoms with Gasteiger partial charge < -0.3 is 0 Å². The smallest absolute Gasteiger partial charge is 0.0474 e. The Morgan fingerprint density at radius 2 is 2.27 bits per heavy atom. The normalized spacial score (nSPS) is 9.64. The second kappa shape index (κ2) is 3.59. The van der Waals surface area contributed by atoms with Crippen LogP contribution < -0.4 is 0 Å². The summed E-state index contributed by atoms with van der Waals surface area (Å²) in [4.78, 5) is 0. The highest BCUT2D eigenvalue weighted by Gasteiger charge is 1.94. The van der Waals surface area contributed by atoms with E-state index < -0.39 is 0 Å². The number of hydrogen-bond donors (Lipinski definition) is 0. The minimum Gasteiger partial charge on any atom is -0.122 e. The van der Waals surface area contributed by atoms with Gasteiger partial charge in [-0.05, 0) is 23.6 Å². The molecule has 1 aromatic rings. The van der Waals surface area contributed by atoms with Gasteiger partial charge in [-0.1, -0.05) is 30.9 Å². The van der Waals surface area contributed by atoms with Gasteiger partial charge in [0.15, 0.2) is 0 Å². The van der Waals surface area contributed by atoms with Crippen molar-refractivity contribution in [2.24, 2.45) is 0 Å². The van der Waals surface area contributed by atoms with Crippen LogP contribution in [0.15, 0.2) is 24.8 Å². The van der Waals surface area contributed by atoms with Crippen LogP contribution in [0.2, 0.25) is 0 Å². The molecule has 1 aromatic carbocycles. The summed E-state index contributed by atoms with van der Waals surface area (Å²) >= 11 is 5.67. The first-order valence-corrected chi connectivity index (χ1v) is 4.09. The largest absolute Gasteiger partial charge is 0.122 e. The molecule has 0 aliphatic carbocycles. The van der Waals surface area contributed by atoms with Gasteiger partial charge >= 0.3 is 0 Å². The highest BCUT2D eigenvalue weighted by molar-refractivity contribution is 6.17. The van der Waals surface area contributed by atoms with E-state index in [9.17, 15) is 0 Å². The van der Waals surface area contributed by atoms with Gasteiger partial charge in [0.05, 0.1) is 0 Å². The minimum absolute atomic E-state index is 0.582. The lowest BCUT2D eigenvalue weighted by Crippen LogP contribution is -1.83. The molecule has 0 unspecified atom stereocenters. The molecule has 1 rings (SSSR count). The Bertz CT molecular complexity index is 264. The van der Waals surface area contributed by atoms with Gasteiger partial charge in [-0.2, -0.15) is 0 Å². The Balaban J connectivity index is 3.09. The van der Waals surface area contributed by atoms with Crippen LogP contribution in [0.25, 0.3) is 6.08 Å². The fourth-order valence-electron chi connectivity index (χ4n) is 1.05. The molecular weight excluding hydrogens is 156 g/mol. The van der Waals surface area contributed by atoms with E-state index in [1.54, 1.807) is 0 Å². The zero-order valence-corrected chi connectivity index (χ0v) is 7.36. The molecule has 58 valence electrons.